The summed E-state index contributed by atoms with van der Waals surface area (Å²) in [5.41, 5.74) is 2.81. The van der Waals surface area contributed by atoms with Crippen molar-refractivity contribution in [2.45, 2.75) is 26.5 Å². The summed E-state index contributed by atoms with van der Waals surface area (Å²) >= 11 is 0. The molecule has 0 bridgehead atoms. The molecular weight excluding hydrogens is 500 g/mol. The Bertz CT molecular complexity index is 1580. The van der Waals surface area contributed by atoms with Crippen molar-refractivity contribution in [2.24, 2.45) is 7.05 Å². The number of hydrogen-bond acceptors (Lipinski definition) is 8. The lowest BCUT2D eigenvalue weighted by Gasteiger charge is -2.37. The van der Waals surface area contributed by atoms with Crippen LogP contribution in [-0.2, 0) is 13.6 Å². The van der Waals surface area contributed by atoms with Gasteiger partial charge >= 0.3 is 5.69 Å². The van der Waals surface area contributed by atoms with Crippen LogP contribution >= 0.6 is 0 Å². The number of benzene rings is 2. The first-order valence-corrected chi connectivity index (χ1v) is 13.0. The minimum Gasteiger partial charge on any atom is -0.497 e. The molecule has 2 aromatic carbocycles. The lowest BCUT2D eigenvalue weighted by atomic mass is 10.1. The minimum absolute atomic E-state index is 0.0382. The normalized spacial score (nSPS) is 14.6. The van der Waals surface area contributed by atoms with Crippen molar-refractivity contribution < 1.29 is 14.6 Å². The summed E-state index contributed by atoms with van der Waals surface area (Å²) in [4.78, 5) is 36.6. The van der Waals surface area contributed by atoms with Gasteiger partial charge in [-0.2, -0.15) is 4.98 Å². The number of fused-ring (bicyclic) bond motifs is 1. The predicted molar refractivity (Wildman–Crippen MR) is 150 cm³/mol. The molecule has 1 saturated heterocycles. The molecule has 39 heavy (non-hydrogen) atoms. The van der Waals surface area contributed by atoms with Crippen LogP contribution in [0.5, 0.6) is 11.5 Å². The van der Waals surface area contributed by atoms with E-state index < -0.39 is 17.4 Å². The van der Waals surface area contributed by atoms with Crippen molar-refractivity contribution in [1.29, 1.82) is 0 Å². The molecule has 0 aliphatic carbocycles. The van der Waals surface area contributed by atoms with Crippen LogP contribution in [0.25, 0.3) is 11.2 Å². The average Bonchev–Trinajstić information content (AvgIpc) is 3.32. The average molecular weight is 535 g/mol. The highest BCUT2D eigenvalue weighted by Crippen LogP contribution is 2.25. The van der Waals surface area contributed by atoms with Crippen molar-refractivity contribution in [3.63, 3.8) is 0 Å². The Balaban J connectivity index is 1.39. The Labute approximate surface area is 225 Å². The topological polar surface area (TPSA) is 118 Å². The van der Waals surface area contributed by atoms with E-state index in [1.54, 1.807) is 18.7 Å². The number of anilines is 2. The maximum atomic E-state index is 12.9. The molecule has 1 atom stereocenters. The molecule has 4 aromatic rings. The van der Waals surface area contributed by atoms with Gasteiger partial charge in [-0.05, 0) is 61.4 Å². The number of piperazine rings is 1. The maximum Gasteiger partial charge on any atom is 0.329 e. The highest BCUT2D eigenvalue weighted by molar-refractivity contribution is 5.74. The number of aromatic nitrogens is 4. The van der Waals surface area contributed by atoms with E-state index in [4.69, 9.17) is 14.5 Å². The number of rotatable bonds is 8. The molecule has 0 saturated carbocycles. The van der Waals surface area contributed by atoms with E-state index in [1.165, 1.54) is 4.57 Å². The van der Waals surface area contributed by atoms with Crippen LogP contribution in [0.4, 0.5) is 11.6 Å². The van der Waals surface area contributed by atoms with Gasteiger partial charge in [-0.1, -0.05) is 6.07 Å². The molecule has 11 heteroatoms. The van der Waals surface area contributed by atoms with Gasteiger partial charge in [-0.3, -0.25) is 14.3 Å². The summed E-state index contributed by atoms with van der Waals surface area (Å²) in [6.07, 6.45) is -0.917. The fourth-order valence-corrected chi connectivity index (χ4v) is 4.85. The van der Waals surface area contributed by atoms with Gasteiger partial charge in [0.2, 0.25) is 5.95 Å². The molecule has 3 heterocycles. The van der Waals surface area contributed by atoms with E-state index in [0.29, 0.717) is 24.8 Å². The van der Waals surface area contributed by atoms with Crippen molar-refractivity contribution in [3.8, 4) is 11.5 Å². The molecular formula is C28H34N6O5. The van der Waals surface area contributed by atoms with Crippen LogP contribution in [0, 0.1) is 13.8 Å². The number of aliphatic hydroxyl groups excluding tert-OH is 1. The molecule has 0 amide bonds. The zero-order valence-electron chi connectivity index (χ0n) is 22.7. The molecule has 2 aromatic heterocycles. The number of aryl methyl sites for hydroxylation is 3. The maximum absolute atomic E-state index is 12.9. The molecule has 1 fully saturated rings. The van der Waals surface area contributed by atoms with E-state index in [0.717, 1.165) is 35.7 Å². The first-order chi connectivity index (χ1) is 18.7. The predicted octanol–water partition coefficient (Wildman–Crippen LogP) is 1.82. The zero-order chi connectivity index (χ0) is 27.7. The lowest BCUT2D eigenvalue weighted by Crippen LogP contribution is -2.47. The van der Waals surface area contributed by atoms with Crippen LogP contribution in [0.15, 0.2) is 52.1 Å². The molecule has 0 spiro atoms. The first-order valence-electron chi connectivity index (χ1n) is 13.0. The molecule has 0 unspecified atom stereocenters. The van der Waals surface area contributed by atoms with Gasteiger partial charge in [0.15, 0.2) is 11.2 Å². The second-order valence-electron chi connectivity index (χ2n) is 9.90. The van der Waals surface area contributed by atoms with Crippen molar-refractivity contribution in [2.75, 3.05) is 49.7 Å². The Morgan fingerprint density at radius 3 is 2.31 bits per heavy atom. The fraction of sp³-hybridized carbons (Fsp3) is 0.393. The third-order valence-electron chi connectivity index (χ3n) is 7.30. The van der Waals surface area contributed by atoms with E-state index in [1.807, 2.05) is 56.3 Å². The van der Waals surface area contributed by atoms with Crippen molar-refractivity contribution in [1.82, 2.24) is 19.1 Å². The number of aromatic amines is 1. The first kappa shape index (κ1) is 26.4. The van der Waals surface area contributed by atoms with Gasteiger partial charge in [0.1, 0.15) is 24.2 Å². The van der Waals surface area contributed by atoms with Crippen LogP contribution in [0.1, 0.15) is 11.1 Å². The SMILES string of the molecule is COc1ccc(N2CCN(c3nc4c(c(=O)[nH]c(=O)n4C)n3C[C@H](O)COc3ccc(C)c(C)c3)CC2)cc1. The highest BCUT2D eigenvalue weighted by Gasteiger charge is 2.26. The summed E-state index contributed by atoms with van der Waals surface area (Å²) in [6.45, 7) is 6.93. The number of H-pyrrole nitrogens is 1. The lowest BCUT2D eigenvalue weighted by molar-refractivity contribution is 0.0936. The van der Waals surface area contributed by atoms with Gasteiger partial charge in [0.25, 0.3) is 5.56 Å². The second-order valence-corrected chi connectivity index (χ2v) is 9.90. The fourth-order valence-electron chi connectivity index (χ4n) is 4.85. The standard InChI is InChI=1S/C28H34N6O5/c1-18-5-8-23(15-19(18)2)39-17-21(35)16-34-24-25(31(3)28(37)30-26(24)36)29-27(34)33-13-11-32(12-14-33)20-6-9-22(38-4)10-7-20/h5-10,15,21,35H,11-14,16-17H2,1-4H3,(H,30,36,37)/t21-/m0/s1. The summed E-state index contributed by atoms with van der Waals surface area (Å²) in [6, 6.07) is 13.7. The number of nitrogens with zero attached hydrogens (tertiary/aromatic N) is 5. The van der Waals surface area contributed by atoms with Crippen LogP contribution in [-0.4, -0.2) is 70.2 Å². The Morgan fingerprint density at radius 2 is 1.64 bits per heavy atom. The molecule has 0 radical (unpaired) electrons. The molecule has 5 rings (SSSR count). The number of imidazole rings is 1. The van der Waals surface area contributed by atoms with Gasteiger partial charge in [-0.25, -0.2) is 4.79 Å². The van der Waals surface area contributed by atoms with E-state index >= 15 is 0 Å². The Kier molecular flexibility index (Phi) is 7.34. The number of ether oxygens (including phenoxy) is 2. The Morgan fingerprint density at radius 1 is 0.974 bits per heavy atom. The van der Waals surface area contributed by atoms with Crippen molar-refractivity contribution in [3.05, 3.63) is 74.4 Å². The van der Waals surface area contributed by atoms with Crippen LogP contribution in [0.2, 0.25) is 0 Å². The monoisotopic (exact) mass is 534 g/mol. The Hall–Kier alpha value is -4.25. The summed E-state index contributed by atoms with van der Waals surface area (Å²) < 4.78 is 14.1. The third kappa shape index (κ3) is 5.35. The number of methoxy groups -OCH3 is 1. The molecule has 2 N–H and O–H groups in total. The summed E-state index contributed by atoms with van der Waals surface area (Å²) in [7, 11) is 3.22. The largest absolute Gasteiger partial charge is 0.497 e. The van der Waals surface area contributed by atoms with Gasteiger partial charge in [-0.15, -0.1) is 0 Å². The van der Waals surface area contributed by atoms with E-state index in [9.17, 15) is 14.7 Å². The van der Waals surface area contributed by atoms with Crippen LogP contribution < -0.4 is 30.5 Å². The number of nitrogens with one attached hydrogen (secondary N) is 1. The number of hydrogen-bond donors (Lipinski definition) is 2. The molecule has 11 nitrogen and oxygen atoms in total. The third-order valence-corrected chi connectivity index (χ3v) is 7.30. The minimum atomic E-state index is -0.917. The smallest absolute Gasteiger partial charge is 0.329 e. The highest BCUT2D eigenvalue weighted by atomic mass is 16.5. The quantitative estimate of drug-likeness (QED) is 0.352. The molecule has 1 aliphatic rings. The molecule has 206 valence electrons. The van der Waals surface area contributed by atoms with E-state index in [-0.39, 0.29) is 24.3 Å². The number of aliphatic hydroxyl groups is 1. The second kappa shape index (κ2) is 10.9. The summed E-state index contributed by atoms with van der Waals surface area (Å²) in [5.74, 6) is 2.01. The summed E-state index contributed by atoms with van der Waals surface area (Å²) in [5, 5.41) is 10.9. The van der Waals surface area contributed by atoms with Crippen molar-refractivity contribution >= 4 is 22.8 Å². The van der Waals surface area contributed by atoms with E-state index in [2.05, 4.69) is 14.8 Å². The van der Waals surface area contributed by atoms with Gasteiger partial charge < -0.3 is 28.9 Å². The van der Waals surface area contributed by atoms with Gasteiger partial charge in [0.05, 0.1) is 13.7 Å². The van der Waals surface area contributed by atoms with Crippen LogP contribution in [0.3, 0.4) is 0 Å². The molecule has 1 aliphatic heterocycles. The zero-order valence-corrected chi connectivity index (χ0v) is 22.7. The van der Waals surface area contributed by atoms with Gasteiger partial charge in [0, 0.05) is 38.9 Å².